The van der Waals surface area contributed by atoms with E-state index >= 15 is 0 Å². The number of rotatable bonds is 2. The minimum absolute atomic E-state index is 0. The van der Waals surface area contributed by atoms with E-state index in [9.17, 15) is 0 Å². The van der Waals surface area contributed by atoms with Gasteiger partial charge in [-0.05, 0) is 12.8 Å². The molecule has 1 heterocycles. The molecule has 0 radical (unpaired) electrons. The molecule has 0 aromatic rings. The van der Waals surface area contributed by atoms with E-state index in [-0.39, 0.29) is 43.3 Å². The first-order valence-electron chi connectivity index (χ1n) is 4.43. The first kappa shape index (κ1) is 15.4. The minimum Gasteiger partial charge on any atom is -0.546 e. The summed E-state index contributed by atoms with van der Waals surface area (Å²) in [6.07, 6.45) is 2.86. The van der Waals surface area contributed by atoms with Crippen molar-refractivity contribution in [2.24, 2.45) is 0 Å². The Balaban J connectivity index is 0. The van der Waals surface area contributed by atoms with Crippen LogP contribution in [-0.4, -0.2) is 17.3 Å². The van der Waals surface area contributed by atoms with E-state index in [4.69, 9.17) is 9.84 Å². The smallest absolute Gasteiger partial charge is 0.0692 e. The standard InChI is InChI=1S/C7H13O2.C2H6.U/c1-2-7(6-8)4-3-5-9-7;1-2;/h5,8H,2-4,6H2,1H3;1-2H3;/q-1;;. The third-order valence-electron chi connectivity index (χ3n) is 1.98. The summed E-state index contributed by atoms with van der Waals surface area (Å²) in [5, 5.41) is 8.87. The van der Waals surface area contributed by atoms with E-state index in [2.05, 4.69) is 0 Å². The van der Waals surface area contributed by atoms with E-state index in [1.54, 1.807) is 6.61 Å². The van der Waals surface area contributed by atoms with Gasteiger partial charge in [0.15, 0.2) is 0 Å². The Bertz CT molecular complexity index is 84.5. The van der Waals surface area contributed by atoms with E-state index in [1.165, 1.54) is 0 Å². The molecule has 1 saturated heterocycles. The summed E-state index contributed by atoms with van der Waals surface area (Å²) < 4.78 is 5.26. The second-order valence-corrected chi connectivity index (χ2v) is 2.52. The molecule has 1 rings (SSSR count). The molecule has 0 aromatic carbocycles. The molecule has 1 atom stereocenters. The fraction of sp³-hybridized carbons (Fsp3) is 0.889. The Morgan fingerprint density at radius 1 is 1.50 bits per heavy atom. The molecule has 0 spiro atoms. The van der Waals surface area contributed by atoms with Crippen molar-refractivity contribution in [3.8, 4) is 0 Å². The quantitative estimate of drug-likeness (QED) is 0.724. The number of hydrogen-bond acceptors (Lipinski definition) is 2. The molecule has 1 N–H and O–H groups in total. The van der Waals surface area contributed by atoms with Gasteiger partial charge in [-0.3, -0.25) is 0 Å². The summed E-state index contributed by atoms with van der Waals surface area (Å²) in [4.78, 5) is 0. The van der Waals surface area contributed by atoms with Gasteiger partial charge in [0.05, 0.1) is 12.2 Å². The molecule has 0 aliphatic carbocycles. The third-order valence-corrected chi connectivity index (χ3v) is 1.98. The largest absolute Gasteiger partial charge is 0.546 e. The van der Waals surface area contributed by atoms with Crippen LogP contribution in [0.15, 0.2) is 0 Å². The Morgan fingerprint density at radius 3 is 2.25 bits per heavy atom. The van der Waals surface area contributed by atoms with Crippen LogP contribution in [0.5, 0.6) is 0 Å². The van der Waals surface area contributed by atoms with E-state index in [0.717, 1.165) is 19.3 Å². The molecular formula is C9H19O2U-. The summed E-state index contributed by atoms with van der Waals surface area (Å²) in [6.45, 7) is 7.98. The van der Waals surface area contributed by atoms with E-state index in [1.807, 2.05) is 20.8 Å². The number of hydrogen-bond donors (Lipinski definition) is 1. The van der Waals surface area contributed by atoms with E-state index < -0.39 is 0 Å². The van der Waals surface area contributed by atoms with Crippen molar-refractivity contribution in [1.82, 2.24) is 0 Å². The maximum absolute atomic E-state index is 8.87. The van der Waals surface area contributed by atoms with Gasteiger partial charge in [0, 0.05) is 31.1 Å². The van der Waals surface area contributed by atoms with Gasteiger partial charge < -0.3 is 9.84 Å². The predicted octanol–water partition coefficient (Wildman–Crippen LogP) is 2.13. The summed E-state index contributed by atoms with van der Waals surface area (Å²) in [5.41, 5.74) is -0.222. The number of ether oxygens (including phenoxy) is 1. The molecule has 12 heavy (non-hydrogen) atoms. The fourth-order valence-electron chi connectivity index (χ4n) is 1.10. The SMILES string of the molecule is CC.CCC1(CO)CC[CH-]O1.[U]. The molecule has 1 fully saturated rings. The Labute approximate surface area is 99.4 Å². The fourth-order valence-corrected chi connectivity index (χ4v) is 1.10. The molecule has 2 nitrogen and oxygen atoms in total. The molecule has 1 aliphatic rings. The van der Waals surface area contributed by atoms with Crippen LogP contribution >= 0.6 is 0 Å². The van der Waals surface area contributed by atoms with Crippen LogP contribution in [0.2, 0.25) is 0 Å². The van der Waals surface area contributed by atoms with Gasteiger partial charge in [0.2, 0.25) is 0 Å². The second-order valence-electron chi connectivity index (χ2n) is 2.52. The summed E-state index contributed by atoms with van der Waals surface area (Å²) in [5.74, 6) is 0. The van der Waals surface area contributed by atoms with Crippen molar-refractivity contribution in [3.05, 3.63) is 6.61 Å². The van der Waals surface area contributed by atoms with Crippen molar-refractivity contribution in [3.63, 3.8) is 0 Å². The van der Waals surface area contributed by atoms with Gasteiger partial charge in [-0.15, -0.1) is 0 Å². The molecule has 3 heteroatoms. The normalized spacial score (nSPS) is 27.0. The maximum Gasteiger partial charge on any atom is 0.0692 e. The average Bonchev–Trinajstić information content (AvgIpc) is 2.57. The minimum atomic E-state index is -0.222. The van der Waals surface area contributed by atoms with Gasteiger partial charge in [-0.1, -0.05) is 20.8 Å². The summed E-state index contributed by atoms with van der Waals surface area (Å²) in [6, 6.07) is 0. The first-order chi connectivity index (χ1) is 5.33. The molecule has 0 saturated carbocycles. The Kier molecular flexibility index (Phi) is 11.0. The van der Waals surface area contributed by atoms with Crippen molar-refractivity contribution >= 4 is 0 Å². The molecule has 0 bridgehead atoms. The topological polar surface area (TPSA) is 29.5 Å². The molecule has 0 aromatic heterocycles. The third kappa shape index (κ3) is 4.28. The monoisotopic (exact) mass is 397 g/mol. The zero-order chi connectivity index (χ0) is 8.74. The molecule has 1 aliphatic heterocycles. The van der Waals surface area contributed by atoms with Crippen LogP contribution in [0.25, 0.3) is 0 Å². The molecule has 0 amide bonds. The summed E-state index contributed by atoms with van der Waals surface area (Å²) in [7, 11) is 0. The Morgan fingerprint density at radius 2 is 2.08 bits per heavy atom. The molecular weight excluding hydrogens is 378 g/mol. The van der Waals surface area contributed by atoms with Gasteiger partial charge >= 0.3 is 0 Å². The van der Waals surface area contributed by atoms with E-state index in [0.29, 0.717) is 0 Å². The van der Waals surface area contributed by atoms with Crippen molar-refractivity contribution < 1.29 is 41.0 Å². The summed E-state index contributed by atoms with van der Waals surface area (Å²) >= 11 is 0. The first-order valence-corrected chi connectivity index (χ1v) is 4.43. The Hall–Kier alpha value is 0.972. The van der Waals surface area contributed by atoms with Crippen LogP contribution < -0.4 is 0 Å². The van der Waals surface area contributed by atoms with Crippen LogP contribution in [0, 0.1) is 37.7 Å². The van der Waals surface area contributed by atoms with Gasteiger partial charge in [-0.25, -0.2) is 6.61 Å². The van der Waals surface area contributed by atoms with Crippen LogP contribution in [0.4, 0.5) is 0 Å². The van der Waals surface area contributed by atoms with Crippen molar-refractivity contribution in [2.45, 2.75) is 45.6 Å². The molecule has 72 valence electrons. The molecule has 1 unspecified atom stereocenters. The van der Waals surface area contributed by atoms with Crippen LogP contribution in [0.1, 0.15) is 40.0 Å². The zero-order valence-corrected chi connectivity index (χ0v) is 12.4. The average molecular weight is 397 g/mol. The number of aliphatic hydroxyl groups is 1. The van der Waals surface area contributed by atoms with Crippen LogP contribution in [0.3, 0.4) is 0 Å². The van der Waals surface area contributed by atoms with Crippen molar-refractivity contribution in [1.29, 1.82) is 0 Å². The predicted molar refractivity (Wildman–Crippen MR) is 46.1 cm³/mol. The van der Waals surface area contributed by atoms with Crippen LogP contribution in [-0.2, 0) is 4.74 Å². The zero-order valence-electron chi connectivity index (χ0n) is 8.26. The second kappa shape index (κ2) is 8.56. The van der Waals surface area contributed by atoms with Gasteiger partial charge in [-0.2, -0.15) is 6.42 Å². The number of aliphatic hydroxyl groups excluding tert-OH is 1. The van der Waals surface area contributed by atoms with Gasteiger partial charge in [0.25, 0.3) is 0 Å². The van der Waals surface area contributed by atoms with Crippen molar-refractivity contribution in [2.75, 3.05) is 6.61 Å². The maximum atomic E-state index is 8.87. The van der Waals surface area contributed by atoms with Gasteiger partial charge in [0.1, 0.15) is 0 Å².